The number of esters is 1. The van der Waals surface area contributed by atoms with Gasteiger partial charge < -0.3 is 20.1 Å². The second-order valence-corrected chi connectivity index (χ2v) is 5.07. The van der Waals surface area contributed by atoms with Gasteiger partial charge in [0.15, 0.2) is 0 Å². The predicted molar refractivity (Wildman–Crippen MR) is 83.1 cm³/mol. The van der Waals surface area contributed by atoms with Gasteiger partial charge >= 0.3 is 11.9 Å². The highest BCUT2D eigenvalue weighted by Gasteiger charge is 2.24. The molecule has 3 N–H and O–H groups in total. The first-order chi connectivity index (χ1) is 11.0. The molecular weight excluding hydrogens is 300 g/mol. The third-order valence-electron chi connectivity index (χ3n) is 3.55. The molecule has 2 aromatic carbocycles. The Hall–Kier alpha value is -2.44. The fourth-order valence-corrected chi connectivity index (χ4v) is 2.49. The van der Waals surface area contributed by atoms with Crippen LogP contribution in [0.5, 0.6) is 0 Å². The molecule has 6 nitrogen and oxygen atoms in total. The summed E-state index contributed by atoms with van der Waals surface area (Å²) in [7, 11) is 0. The van der Waals surface area contributed by atoms with Gasteiger partial charge in [-0.15, -0.1) is 0 Å². The smallest absolute Gasteiger partial charge is 0.336 e. The summed E-state index contributed by atoms with van der Waals surface area (Å²) in [6.07, 6.45) is -3.01. The Morgan fingerprint density at radius 2 is 1.74 bits per heavy atom. The number of carbonyl (C=O) groups is 2. The van der Waals surface area contributed by atoms with Crippen molar-refractivity contribution in [2.24, 2.45) is 0 Å². The van der Waals surface area contributed by atoms with Crippen molar-refractivity contribution in [3.63, 3.8) is 0 Å². The summed E-state index contributed by atoms with van der Waals surface area (Å²) in [5.74, 6) is -1.68. The van der Waals surface area contributed by atoms with E-state index in [1.54, 1.807) is 37.3 Å². The quantitative estimate of drug-likeness (QED) is 0.703. The summed E-state index contributed by atoms with van der Waals surface area (Å²) >= 11 is 0. The zero-order valence-corrected chi connectivity index (χ0v) is 12.6. The minimum absolute atomic E-state index is 0.108. The number of carbonyl (C=O) groups excluding carboxylic acids is 1. The molecule has 2 aromatic rings. The highest BCUT2D eigenvalue weighted by atomic mass is 16.5. The van der Waals surface area contributed by atoms with Crippen LogP contribution in [0.15, 0.2) is 36.4 Å². The SMILES string of the molecule is CCOC(=O)CC(O)C(O)c1cccc2c(C(=O)O)cccc12. The van der Waals surface area contributed by atoms with Gasteiger partial charge in [0, 0.05) is 0 Å². The number of rotatable bonds is 6. The molecule has 0 saturated heterocycles. The summed E-state index contributed by atoms with van der Waals surface area (Å²) in [5.41, 5.74) is 0.471. The fourth-order valence-electron chi connectivity index (χ4n) is 2.49. The van der Waals surface area contributed by atoms with E-state index in [1.807, 2.05) is 0 Å². The fraction of sp³-hybridized carbons (Fsp3) is 0.294. The lowest BCUT2D eigenvalue weighted by molar-refractivity contribution is -0.147. The molecule has 2 unspecified atom stereocenters. The lowest BCUT2D eigenvalue weighted by Gasteiger charge is -2.19. The Balaban J connectivity index is 2.37. The summed E-state index contributed by atoms with van der Waals surface area (Å²) in [4.78, 5) is 22.7. The third-order valence-corrected chi connectivity index (χ3v) is 3.55. The van der Waals surface area contributed by atoms with Crippen LogP contribution in [0.2, 0.25) is 0 Å². The van der Waals surface area contributed by atoms with Crippen LogP contribution in [0.25, 0.3) is 10.8 Å². The zero-order chi connectivity index (χ0) is 17.0. The minimum atomic E-state index is -1.34. The first-order valence-corrected chi connectivity index (χ1v) is 7.22. The molecule has 0 radical (unpaired) electrons. The van der Waals surface area contributed by atoms with Gasteiger partial charge in [-0.25, -0.2) is 4.79 Å². The maximum absolute atomic E-state index is 11.4. The van der Waals surface area contributed by atoms with E-state index in [0.29, 0.717) is 16.3 Å². The lowest BCUT2D eigenvalue weighted by Crippen LogP contribution is -2.23. The van der Waals surface area contributed by atoms with Crippen LogP contribution in [0.4, 0.5) is 0 Å². The van der Waals surface area contributed by atoms with Crippen molar-refractivity contribution in [1.82, 2.24) is 0 Å². The first kappa shape index (κ1) is 16.9. The average molecular weight is 318 g/mol. The Morgan fingerprint density at radius 3 is 2.39 bits per heavy atom. The number of hydrogen-bond donors (Lipinski definition) is 3. The van der Waals surface area contributed by atoms with E-state index in [1.165, 1.54) is 6.07 Å². The lowest BCUT2D eigenvalue weighted by atomic mass is 9.94. The van der Waals surface area contributed by atoms with Crippen molar-refractivity contribution >= 4 is 22.7 Å². The van der Waals surface area contributed by atoms with E-state index in [0.717, 1.165) is 0 Å². The van der Waals surface area contributed by atoms with Gasteiger partial charge in [0.1, 0.15) is 6.10 Å². The number of aliphatic hydroxyl groups excluding tert-OH is 2. The minimum Gasteiger partial charge on any atom is -0.478 e. The van der Waals surface area contributed by atoms with Crippen molar-refractivity contribution < 1.29 is 29.6 Å². The monoisotopic (exact) mass is 318 g/mol. The Bertz CT molecular complexity index is 724. The van der Waals surface area contributed by atoms with Gasteiger partial charge in [-0.2, -0.15) is 0 Å². The van der Waals surface area contributed by atoms with Gasteiger partial charge in [-0.05, 0) is 29.3 Å². The van der Waals surface area contributed by atoms with Crippen molar-refractivity contribution in [1.29, 1.82) is 0 Å². The second-order valence-electron chi connectivity index (χ2n) is 5.07. The number of fused-ring (bicyclic) bond motifs is 1. The molecule has 0 aliphatic carbocycles. The molecular formula is C17H18O6. The molecule has 0 heterocycles. The van der Waals surface area contributed by atoms with Crippen LogP contribution in [0.3, 0.4) is 0 Å². The van der Waals surface area contributed by atoms with E-state index in [2.05, 4.69) is 0 Å². The molecule has 6 heteroatoms. The van der Waals surface area contributed by atoms with E-state index in [4.69, 9.17) is 4.74 Å². The zero-order valence-electron chi connectivity index (χ0n) is 12.6. The molecule has 2 rings (SSSR count). The highest BCUT2D eigenvalue weighted by Crippen LogP contribution is 2.29. The number of hydrogen-bond acceptors (Lipinski definition) is 5. The van der Waals surface area contributed by atoms with Crippen molar-refractivity contribution in [2.45, 2.75) is 25.6 Å². The van der Waals surface area contributed by atoms with E-state index < -0.39 is 24.1 Å². The molecule has 23 heavy (non-hydrogen) atoms. The van der Waals surface area contributed by atoms with Crippen LogP contribution in [-0.2, 0) is 9.53 Å². The van der Waals surface area contributed by atoms with Crippen LogP contribution in [0.1, 0.15) is 35.4 Å². The largest absolute Gasteiger partial charge is 0.478 e. The van der Waals surface area contributed by atoms with Crippen LogP contribution in [-0.4, -0.2) is 40.0 Å². The molecule has 0 saturated carbocycles. The molecule has 0 fully saturated rings. The Morgan fingerprint density at radius 1 is 1.09 bits per heavy atom. The summed E-state index contributed by atoms with van der Waals surface area (Å²) < 4.78 is 4.75. The Kier molecular flexibility index (Phi) is 5.31. The maximum atomic E-state index is 11.4. The van der Waals surface area contributed by atoms with Crippen molar-refractivity contribution in [2.75, 3.05) is 6.61 Å². The van der Waals surface area contributed by atoms with Crippen LogP contribution >= 0.6 is 0 Å². The van der Waals surface area contributed by atoms with E-state index in [-0.39, 0.29) is 18.6 Å². The van der Waals surface area contributed by atoms with Crippen molar-refractivity contribution in [3.05, 3.63) is 47.5 Å². The van der Waals surface area contributed by atoms with Gasteiger partial charge in [-0.3, -0.25) is 4.79 Å². The topological polar surface area (TPSA) is 104 Å². The molecule has 0 aromatic heterocycles. The number of carboxylic acids is 1. The third kappa shape index (κ3) is 3.67. The summed E-state index contributed by atoms with van der Waals surface area (Å²) in [6.45, 7) is 1.84. The van der Waals surface area contributed by atoms with Gasteiger partial charge in [-0.1, -0.05) is 30.3 Å². The summed E-state index contributed by atoms with van der Waals surface area (Å²) in [5, 5.41) is 30.6. The Labute approximate surface area is 132 Å². The van der Waals surface area contributed by atoms with Gasteiger partial charge in [0.2, 0.25) is 0 Å². The van der Waals surface area contributed by atoms with Crippen molar-refractivity contribution in [3.8, 4) is 0 Å². The molecule has 2 atom stereocenters. The van der Waals surface area contributed by atoms with Crippen LogP contribution < -0.4 is 0 Å². The predicted octanol–water partition coefficient (Wildman–Crippen LogP) is 1.89. The first-order valence-electron chi connectivity index (χ1n) is 7.22. The molecule has 0 amide bonds. The average Bonchev–Trinajstić information content (AvgIpc) is 2.52. The van der Waals surface area contributed by atoms with E-state index >= 15 is 0 Å². The standard InChI is InChI=1S/C17H18O6/c1-2-23-15(19)9-14(18)16(20)12-7-3-6-11-10(12)5-4-8-13(11)17(21)22/h3-8,14,16,18,20H,2,9H2,1H3,(H,21,22). The van der Waals surface area contributed by atoms with Gasteiger partial charge in [0.05, 0.1) is 24.7 Å². The maximum Gasteiger partial charge on any atom is 0.336 e. The van der Waals surface area contributed by atoms with Gasteiger partial charge in [0.25, 0.3) is 0 Å². The van der Waals surface area contributed by atoms with E-state index in [9.17, 15) is 24.9 Å². The number of aliphatic hydroxyl groups is 2. The number of carboxylic acid groups (broad SMARTS) is 1. The molecule has 0 spiro atoms. The molecule has 0 aliphatic rings. The molecule has 0 bridgehead atoms. The number of benzene rings is 2. The second kappa shape index (κ2) is 7.21. The highest BCUT2D eigenvalue weighted by molar-refractivity contribution is 6.04. The summed E-state index contributed by atoms with van der Waals surface area (Å²) in [6, 6.07) is 9.52. The normalized spacial score (nSPS) is 13.5. The molecule has 0 aliphatic heterocycles. The number of aromatic carboxylic acids is 1. The number of ether oxygens (including phenoxy) is 1. The molecule has 122 valence electrons. The van der Waals surface area contributed by atoms with Crippen LogP contribution in [0, 0.1) is 0 Å².